The van der Waals surface area contributed by atoms with Gasteiger partial charge in [-0.25, -0.2) is 5.06 Å². The van der Waals surface area contributed by atoms with Crippen molar-refractivity contribution in [2.45, 2.75) is 92.0 Å². The third-order valence-electron chi connectivity index (χ3n) is 11.8. The van der Waals surface area contributed by atoms with Crippen LogP contribution in [-0.2, 0) is 14.4 Å². The monoisotopic (exact) mass is 524 g/mol. The van der Waals surface area contributed by atoms with Crippen LogP contribution in [0.1, 0.15) is 84.6 Å². The molecular weight excluding hydrogens is 480 g/mol. The fourth-order valence-electron chi connectivity index (χ4n) is 10.5. The lowest BCUT2D eigenvalue weighted by molar-refractivity contribution is -0.195. The first-order chi connectivity index (χ1) is 17.6. The van der Waals surface area contributed by atoms with E-state index in [1.165, 1.54) is 37.7 Å². The molecule has 1 saturated heterocycles. The Balaban J connectivity index is 1.29. The minimum Gasteiger partial charge on any atom is -0.466 e. The molecule has 5 nitrogen and oxygen atoms in total. The average Bonchev–Trinajstić information content (AvgIpc) is 3.38. The Morgan fingerprint density at radius 3 is 2.57 bits per heavy atom. The van der Waals surface area contributed by atoms with E-state index in [9.17, 15) is 4.79 Å². The van der Waals surface area contributed by atoms with Crippen molar-refractivity contribution >= 4 is 29.0 Å². The summed E-state index contributed by atoms with van der Waals surface area (Å²) >= 11 is 5.94. The van der Waals surface area contributed by atoms with Crippen molar-refractivity contribution in [2.75, 3.05) is 18.5 Å². The van der Waals surface area contributed by atoms with Gasteiger partial charge in [0.2, 0.25) is 0 Å². The van der Waals surface area contributed by atoms with Crippen LogP contribution in [0.15, 0.2) is 24.3 Å². The molecule has 0 radical (unpaired) electrons. The fourth-order valence-corrected chi connectivity index (χ4v) is 10.8. The highest BCUT2D eigenvalue weighted by atomic mass is 32.1. The molecule has 0 aromatic heterocycles. The molecule has 2 bridgehead atoms. The molecule has 0 unspecified atom stereocenters. The van der Waals surface area contributed by atoms with E-state index in [1.54, 1.807) is 0 Å². The molecule has 202 valence electrons. The first kappa shape index (κ1) is 25.6. The molecule has 5 aliphatic rings. The molecule has 1 aliphatic heterocycles. The molecule has 1 aromatic rings. The van der Waals surface area contributed by atoms with Gasteiger partial charge in [-0.2, -0.15) is 0 Å². The van der Waals surface area contributed by atoms with Gasteiger partial charge >= 0.3 is 5.97 Å². The van der Waals surface area contributed by atoms with Gasteiger partial charge in [0.1, 0.15) is 0 Å². The number of esters is 1. The number of fused-ring (bicyclic) bond motifs is 5. The summed E-state index contributed by atoms with van der Waals surface area (Å²) in [6.07, 6.45) is 9.33. The maximum Gasteiger partial charge on any atom is 0.312 e. The van der Waals surface area contributed by atoms with Crippen LogP contribution in [-0.4, -0.2) is 35.4 Å². The second kappa shape index (κ2) is 8.67. The number of aryl methyl sites for hydroxylation is 1. The predicted octanol–water partition coefficient (Wildman–Crippen LogP) is 6.90. The van der Waals surface area contributed by atoms with Crippen molar-refractivity contribution in [1.82, 2.24) is 5.06 Å². The number of carbonyl (C=O) groups is 1. The zero-order valence-corrected chi connectivity index (χ0v) is 24.1. The fraction of sp³-hybridized carbons (Fsp3) is 0.742. The normalized spacial score (nSPS) is 44.0. The number of hydroxylamine groups is 2. The molecule has 6 rings (SSSR count). The van der Waals surface area contributed by atoms with Crippen LogP contribution in [0.3, 0.4) is 0 Å². The molecule has 8 atom stereocenters. The van der Waals surface area contributed by atoms with Gasteiger partial charge in [-0.3, -0.25) is 9.63 Å². The van der Waals surface area contributed by atoms with Crippen LogP contribution >= 0.6 is 12.2 Å². The highest BCUT2D eigenvalue weighted by molar-refractivity contribution is 7.80. The number of nitrogens with zero attached hydrogens (tertiary/aromatic N) is 1. The van der Waals surface area contributed by atoms with E-state index in [1.807, 2.05) is 6.92 Å². The maximum atomic E-state index is 13.3. The average molecular weight is 525 g/mol. The summed E-state index contributed by atoms with van der Waals surface area (Å²) in [5.74, 6) is 1.54. The number of hydrogen-bond acceptors (Lipinski definition) is 4. The maximum absolute atomic E-state index is 13.3. The highest BCUT2D eigenvalue weighted by Crippen LogP contribution is 2.76. The van der Waals surface area contributed by atoms with Gasteiger partial charge in [0.05, 0.1) is 24.7 Å². The van der Waals surface area contributed by atoms with Crippen LogP contribution in [0.4, 0.5) is 5.69 Å². The summed E-state index contributed by atoms with van der Waals surface area (Å²) < 4.78 is 5.67. The van der Waals surface area contributed by atoms with Gasteiger partial charge < -0.3 is 10.1 Å². The lowest BCUT2D eigenvalue weighted by Crippen LogP contribution is -2.60. The molecule has 37 heavy (non-hydrogen) atoms. The van der Waals surface area contributed by atoms with E-state index < -0.39 is 0 Å². The van der Waals surface area contributed by atoms with Crippen molar-refractivity contribution in [3.05, 3.63) is 29.8 Å². The molecule has 1 aromatic carbocycles. The molecule has 4 saturated carbocycles. The predicted molar refractivity (Wildman–Crippen MR) is 150 cm³/mol. The summed E-state index contributed by atoms with van der Waals surface area (Å²) in [7, 11) is 0. The SMILES string of the molecule is CCOC(=O)[C@]1(C)CCC[C@@]2(C)[C@@H]3CC[C@@]4(C)C[C@]3(CC[C@@H]21)[C@@H]1CON(C(=S)Nc2ccc(C)cc2)[C@@H]14. The van der Waals surface area contributed by atoms with E-state index >= 15 is 0 Å². The van der Waals surface area contributed by atoms with Crippen molar-refractivity contribution < 1.29 is 14.4 Å². The molecule has 5 fully saturated rings. The van der Waals surface area contributed by atoms with E-state index in [2.05, 4.69) is 62.3 Å². The van der Waals surface area contributed by atoms with Crippen LogP contribution in [0, 0.1) is 46.3 Å². The summed E-state index contributed by atoms with van der Waals surface area (Å²) in [5, 5.41) is 6.22. The Morgan fingerprint density at radius 2 is 1.84 bits per heavy atom. The molecule has 1 heterocycles. The molecule has 6 heteroatoms. The quantitative estimate of drug-likeness (QED) is 0.343. The van der Waals surface area contributed by atoms with Gasteiger partial charge in [-0.1, -0.05) is 38.0 Å². The first-order valence-electron chi connectivity index (χ1n) is 14.5. The smallest absolute Gasteiger partial charge is 0.312 e. The van der Waals surface area contributed by atoms with Crippen LogP contribution < -0.4 is 5.32 Å². The lowest BCUT2D eigenvalue weighted by atomic mass is 9.39. The van der Waals surface area contributed by atoms with Crippen molar-refractivity contribution in [3.63, 3.8) is 0 Å². The van der Waals surface area contributed by atoms with Crippen LogP contribution in [0.2, 0.25) is 0 Å². The minimum atomic E-state index is -0.360. The van der Waals surface area contributed by atoms with Gasteiger partial charge in [0.25, 0.3) is 0 Å². The Hall–Kier alpha value is -1.66. The second-order valence-electron chi connectivity index (χ2n) is 13.7. The first-order valence-corrected chi connectivity index (χ1v) is 15.0. The van der Waals surface area contributed by atoms with Crippen LogP contribution in [0.25, 0.3) is 0 Å². The second-order valence-corrected chi connectivity index (χ2v) is 14.1. The summed E-state index contributed by atoms with van der Waals surface area (Å²) in [6, 6.07) is 8.70. The third kappa shape index (κ3) is 3.57. The van der Waals surface area contributed by atoms with E-state index in [0.29, 0.717) is 35.5 Å². The summed E-state index contributed by atoms with van der Waals surface area (Å²) in [4.78, 5) is 19.7. The molecule has 1 spiro atoms. The van der Waals surface area contributed by atoms with E-state index in [-0.39, 0.29) is 27.6 Å². The minimum absolute atomic E-state index is 0.0368. The van der Waals surface area contributed by atoms with Gasteiger partial charge in [-0.15, -0.1) is 0 Å². The molecular formula is C31H44N2O3S. The lowest BCUT2D eigenvalue weighted by Gasteiger charge is -2.64. The Labute approximate surface area is 228 Å². The zero-order chi connectivity index (χ0) is 26.2. The van der Waals surface area contributed by atoms with Crippen molar-refractivity contribution in [3.8, 4) is 0 Å². The third-order valence-corrected chi connectivity index (χ3v) is 12.1. The number of hydrogen-bond donors (Lipinski definition) is 1. The topological polar surface area (TPSA) is 50.8 Å². The standard InChI is InChI=1S/C31H44N2O3S/c1-6-35-26(34)30(5)15-7-14-29(4)23(30)13-17-31-19-28(3,16-12-24(29)31)25-22(31)18-36-33(25)27(37)32-21-10-8-20(2)9-11-21/h8-11,22-25H,6-7,12-19H2,1-5H3,(H,32,37)/t22-,23+,24+,25+,28+,29-,30-,31-/m1/s1. The number of nitrogens with one attached hydrogen (secondary N) is 1. The van der Waals surface area contributed by atoms with E-state index in [0.717, 1.165) is 31.6 Å². The van der Waals surface area contributed by atoms with Gasteiger partial charge in [-0.05, 0) is 118 Å². The molecule has 4 aliphatic carbocycles. The van der Waals surface area contributed by atoms with Gasteiger partial charge in [0, 0.05) is 11.6 Å². The number of ether oxygens (including phenoxy) is 1. The number of carbonyl (C=O) groups excluding carboxylic acids is 1. The number of rotatable bonds is 3. The van der Waals surface area contributed by atoms with Crippen molar-refractivity contribution in [2.24, 2.45) is 39.4 Å². The van der Waals surface area contributed by atoms with E-state index in [4.69, 9.17) is 21.8 Å². The van der Waals surface area contributed by atoms with Gasteiger partial charge in [0.15, 0.2) is 5.11 Å². The highest BCUT2D eigenvalue weighted by Gasteiger charge is 2.73. The van der Waals surface area contributed by atoms with Crippen molar-refractivity contribution in [1.29, 1.82) is 0 Å². The summed E-state index contributed by atoms with van der Waals surface area (Å²) in [5.41, 5.74) is 2.52. The number of thiocarbonyl (C=S) groups is 1. The largest absolute Gasteiger partial charge is 0.466 e. The molecule has 1 N–H and O–H groups in total. The Morgan fingerprint density at radius 1 is 1.11 bits per heavy atom. The molecule has 0 amide bonds. The number of benzene rings is 1. The van der Waals surface area contributed by atoms with Crippen LogP contribution in [0.5, 0.6) is 0 Å². The Bertz CT molecular complexity index is 1090. The zero-order valence-electron chi connectivity index (χ0n) is 23.3. The summed E-state index contributed by atoms with van der Waals surface area (Å²) in [6.45, 7) is 12.5. The Kier molecular flexibility index (Phi) is 6.00. The number of anilines is 1.